The molecule has 0 amide bonds. The van der Waals surface area contributed by atoms with E-state index in [2.05, 4.69) is 18.0 Å². The summed E-state index contributed by atoms with van der Waals surface area (Å²) in [6.45, 7) is 2.16. The molecule has 1 unspecified atom stereocenters. The third-order valence-corrected chi connectivity index (χ3v) is 7.91. The lowest BCUT2D eigenvalue weighted by molar-refractivity contribution is 0.420. The fraction of sp³-hybridized carbons (Fsp3) is 0.333. The van der Waals surface area contributed by atoms with E-state index in [1.807, 2.05) is 12.2 Å². The highest BCUT2D eigenvalue weighted by Crippen LogP contribution is 2.56. The molecule has 1 aromatic heterocycles. The molecule has 0 aromatic carbocycles. The second kappa shape index (κ2) is 6.37. The standard InChI is InChI=1S/C15H13Cl2N3S2/c1-15(3-2-10(16)6-12(15)17)13-8-21-14(22-13)11(7-18)20-5-4-19-9-20/h2,4-6,9,13H,3,8H2,1H3/b14-11+/t13-,15?/m0/s1. The molecule has 1 aliphatic heterocycles. The lowest BCUT2D eigenvalue weighted by Crippen LogP contribution is -2.31. The third-order valence-electron chi connectivity index (χ3n) is 3.92. The Kier molecular flexibility index (Phi) is 4.65. The molecule has 3 rings (SSSR count). The van der Waals surface area contributed by atoms with Gasteiger partial charge < -0.3 is 0 Å². The Morgan fingerprint density at radius 3 is 3.00 bits per heavy atom. The van der Waals surface area contributed by atoms with Crippen LogP contribution in [0.15, 0.2) is 45.2 Å². The number of hydrogen-bond acceptors (Lipinski definition) is 4. The van der Waals surface area contributed by atoms with Gasteiger partial charge >= 0.3 is 0 Å². The molecule has 2 aliphatic rings. The molecule has 0 spiro atoms. The first kappa shape index (κ1) is 16.1. The molecule has 0 saturated carbocycles. The van der Waals surface area contributed by atoms with Crippen molar-refractivity contribution >= 4 is 52.4 Å². The second-order valence-corrected chi connectivity index (χ2v) is 8.68. The maximum atomic E-state index is 9.46. The van der Waals surface area contributed by atoms with Crippen LogP contribution in [0, 0.1) is 16.7 Å². The molecular formula is C15H13Cl2N3S2. The zero-order valence-electron chi connectivity index (χ0n) is 11.8. The summed E-state index contributed by atoms with van der Waals surface area (Å²) in [7, 11) is 0. The first-order valence-electron chi connectivity index (χ1n) is 6.70. The van der Waals surface area contributed by atoms with Gasteiger partial charge in [0.15, 0.2) is 0 Å². The number of nitrogens with zero attached hydrogens (tertiary/aromatic N) is 3. The Bertz CT molecular complexity index is 716. The predicted molar refractivity (Wildman–Crippen MR) is 95.5 cm³/mol. The summed E-state index contributed by atoms with van der Waals surface area (Å²) in [5.74, 6) is 0.923. The van der Waals surface area contributed by atoms with Crippen LogP contribution in [0.2, 0.25) is 0 Å². The number of thioether (sulfide) groups is 2. The van der Waals surface area contributed by atoms with E-state index < -0.39 is 0 Å². The summed E-state index contributed by atoms with van der Waals surface area (Å²) >= 11 is 16.0. The molecule has 1 saturated heterocycles. The van der Waals surface area contributed by atoms with Crippen LogP contribution < -0.4 is 0 Å². The molecule has 0 N–H and O–H groups in total. The van der Waals surface area contributed by atoms with Crippen LogP contribution >= 0.6 is 46.7 Å². The maximum Gasteiger partial charge on any atom is 0.145 e. The molecule has 114 valence electrons. The molecule has 22 heavy (non-hydrogen) atoms. The van der Waals surface area contributed by atoms with Crippen molar-refractivity contribution in [3.63, 3.8) is 0 Å². The van der Waals surface area contributed by atoms with Gasteiger partial charge in [-0.1, -0.05) is 36.2 Å². The molecule has 3 nitrogen and oxygen atoms in total. The molecule has 1 fully saturated rings. The highest BCUT2D eigenvalue weighted by atomic mass is 35.5. The number of allylic oxidation sites excluding steroid dienone is 5. The van der Waals surface area contributed by atoms with E-state index in [-0.39, 0.29) is 5.41 Å². The van der Waals surface area contributed by atoms with E-state index in [1.165, 1.54) is 0 Å². The van der Waals surface area contributed by atoms with Gasteiger partial charge in [0.25, 0.3) is 0 Å². The van der Waals surface area contributed by atoms with Crippen LogP contribution in [-0.4, -0.2) is 20.6 Å². The van der Waals surface area contributed by atoms with Crippen molar-refractivity contribution in [1.29, 1.82) is 5.26 Å². The van der Waals surface area contributed by atoms with E-state index >= 15 is 0 Å². The first-order chi connectivity index (χ1) is 10.5. The molecule has 1 aliphatic carbocycles. The lowest BCUT2D eigenvalue weighted by atomic mass is 9.80. The quantitative estimate of drug-likeness (QED) is 0.684. The Morgan fingerprint density at radius 1 is 1.55 bits per heavy atom. The highest BCUT2D eigenvalue weighted by molar-refractivity contribution is 8.25. The fourth-order valence-electron chi connectivity index (χ4n) is 2.42. The normalized spacial score (nSPS) is 30.5. The van der Waals surface area contributed by atoms with Gasteiger partial charge in [0.2, 0.25) is 0 Å². The highest BCUT2D eigenvalue weighted by Gasteiger charge is 2.42. The topological polar surface area (TPSA) is 41.6 Å². The zero-order chi connectivity index (χ0) is 15.7. The number of imidazole rings is 1. The predicted octanol–water partition coefficient (Wildman–Crippen LogP) is 5.04. The van der Waals surface area contributed by atoms with Crippen molar-refractivity contribution in [2.75, 3.05) is 5.75 Å². The Morgan fingerprint density at radius 2 is 2.36 bits per heavy atom. The Labute approximate surface area is 148 Å². The van der Waals surface area contributed by atoms with Crippen LogP contribution in [0.1, 0.15) is 13.3 Å². The number of nitriles is 1. The van der Waals surface area contributed by atoms with Crippen molar-refractivity contribution < 1.29 is 0 Å². The molecule has 2 atom stereocenters. The van der Waals surface area contributed by atoms with Gasteiger partial charge in [0.05, 0.1) is 10.6 Å². The largest absolute Gasteiger partial charge is 0.296 e. The fourth-order valence-corrected chi connectivity index (χ4v) is 6.32. The Balaban J connectivity index is 1.87. The third kappa shape index (κ3) is 2.85. The average molecular weight is 370 g/mol. The minimum Gasteiger partial charge on any atom is -0.296 e. The number of aromatic nitrogens is 2. The average Bonchev–Trinajstić information content (AvgIpc) is 3.16. The number of rotatable bonds is 2. The van der Waals surface area contributed by atoms with Crippen molar-refractivity contribution in [2.45, 2.75) is 18.6 Å². The summed E-state index contributed by atoms with van der Waals surface area (Å²) < 4.78 is 2.78. The van der Waals surface area contributed by atoms with Gasteiger partial charge in [-0.3, -0.25) is 4.57 Å². The van der Waals surface area contributed by atoms with E-state index in [1.54, 1.807) is 46.8 Å². The van der Waals surface area contributed by atoms with Crippen LogP contribution in [0.3, 0.4) is 0 Å². The summed E-state index contributed by atoms with van der Waals surface area (Å²) in [6.07, 6.45) is 9.78. The van der Waals surface area contributed by atoms with Crippen LogP contribution in [0.4, 0.5) is 0 Å². The minimum atomic E-state index is -0.144. The van der Waals surface area contributed by atoms with E-state index in [4.69, 9.17) is 23.2 Å². The summed E-state index contributed by atoms with van der Waals surface area (Å²) in [6, 6.07) is 2.28. The van der Waals surface area contributed by atoms with Crippen molar-refractivity contribution in [1.82, 2.24) is 9.55 Å². The molecular weight excluding hydrogens is 357 g/mol. The Hall–Kier alpha value is -0.800. The SMILES string of the molecule is CC1([C@@H]2CS/C(=C(/C#N)n3ccnc3)S2)CC=C(Cl)C=C1Cl. The molecule has 2 heterocycles. The van der Waals surface area contributed by atoms with Crippen LogP contribution in [0.25, 0.3) is 5.70 Å². The molecule has 0 bridgehead atoms. The smallest absolute Gasteiger partial charge is 0.145 e. The maximum absolute atomic E-state index is 9.46. The van der Waals surface area contributed by atoms with E-state index in [0.717, 1.165) is 21.4 Å². The summed E-state index contributed by atoms with van der Waals surface area (Å²) in [4.78, 5) is 4.01. The van der Waals surface area contributed by atoms with Crippen LogP contribution in [0.5, 0.6) is 0 Å². The molecule has 7 heteroatoms. The van der Waals surface area contributed by atoms with Gasteiger partial charge in [0.1, 0.15) is 11.8 Å². The van der Waals surface area contributed by atoms with Crippen LogP contribution in [-0.2, 0) is 0 Å². The minimum absolute atomic E-state index is 0.144. The zero-order valence-corrected chi connectivity index (χ0v) is 14.9. The van der Waals surface area contributed by atoms with Gasteiger partial charge in [-0.25, -0.2) is 4.98 Å². The second-order valence-electron chi connectivity index (χ2n) is 5.34. The van der Waals surface area contributed by atoms with E-state index in [9.17, 15) is 5.26 Å². The van der Waals surface area contributed by atoms with Crippen molar-refractivity contribution in [3.05, 3.63) is 45.2 Å². The lowest BCUT2D eigenvalue weighted by Gasteiger charge is -2.35. The monoisotopic (exact) mass is 369 g/mol. The molecule has 0 radical (unpaired) electrons. The van der Waals surface area contributed by atoms with Gasteiger partial charge in [-0.2, -0.15) is 5.26 Å². The number of halogens is 2. The van der Waals surface area contributed by atoms with Gasteiger partial charge in [0, 0.05) is 38.9 Å². The van der Waals surface area contributed by atoms with Crippen molar-refractivity contribution in [3.8, 4) is 6.07 Å². The van der Waals surface area contributed by atoms with E-state index in [0.29, 0.717) is 16.0 Å². The van der Waals surface area contributed by atoms with Gasteiger partial charge in [-0.15, -0.1) is 23.5 Å². The first-order valence-corrected chi connectivity index (χ1v) is 9.32. The van der Waals surface area contributed by atoms with Crippen molar-refractivity contribution in [2.24, 2.45) is 5.41 Å². The number of hydrogen-bond donors (Lipinski definition) is 0. The summed E-state index contributed by atoms with van der Waals surface area (Å²) in [5, 5.41) is 11.3. The summed E-state index contributed by atoms with van der Waals surface area (Å²) in [5.41, 5.74) is 0.484. The molecule has 1 aromatic rings. The van der Waals surface area contributed by atoms with Gasteiger partial charge in [-0.05, 0) is 12.5 Å².